The minimum atomic E-state index is -4.31. The van der Waals surface area contributed by atoms with Crippen LogP contribution in [0.3, 0.4) is 0 Å². The van der Waals surface area contributed by atoms with Gasteiger partial charge in [-0.25, -0.2) is 13.8 Å². The van der Waals surface area contributed by atoms with Gasteiger partial charge in [0, 0.05) is 51.0 Å². The van der Waals surface area contributed by atoms with Crippen LogP contribution in [0.25, 0.3) is 0 Å². The number of rotatable bonds is 6. The highest BCUT2D eigenvalue weighted by Gasteiger charge is 2.29. The Hall–Kier alpha value is -2.30. The number of piperazine rings is 1. The number of aliphatic imine (C=N–C) groups is 1. The fraction of sp³-hybridized carbons (Fsp3) is 0.364. The van der Waals surface area contributed by atoms with Crippen LogP contribution < -0.4 is 0 Å². The van der Waals surface area contributed by atoms with Crippen LogP contribution in [0, 0.1) is 11.6 Å². The SMILES string of the molecule is Fc1ccc(C(N=CCN2CCN(CCc3ccc(C(F)(F)F)cc3)CC2)=NS)cc1F. The van der Waals surface area contributed by atoms with Gasteiger partial charge in [0.2, 0.25) is 0 Å². The van der Waals surface area contributed by atoms with Gasteiger partial charge >= 0.3 is 6.18 Å². The summed E-state index contributed by atoms with van der Waals surface area (Å²) in [6, 6.07) is 8.73. The molecule has 0 amide bonds. The number of halogens is 5. The highest BCUT2D eigenvalue weighted by Crippen LogP contribution is 2.29. The third-order valence-electron chi connectivity index (χ3n) is 5.29. The van der Waals surface area contributed by atoms with Crippen LogP contribution in [0.1, 0.15) is 16.7 Å². The van der Waals surface area contributed by atoms with Crippen molar-refractivity contribution in [3.63, 3.8) is 0 Å². The Morgan fingerprint density at radius 1 is 0.938 bits per heavy atom. The summed E-state index contributed by atoms with van der Waals surface area (Å²) in [5, 5.41) is 0. The van der Waals surface area contributed by atoms with Crippen molar-refractivity contribution >= 4 is 24.9 Å². The number of alkyl halides is 3. The first-order valence-corrected chi connectivity index (χ1v) is 10.5. The van der Waals surface area contributed by atoms with E-state index in [1.807, 2.05) is 0 Å². The van der Waals surface area contributed by atoms with Crippen LogP contribution in [-0.2, 0) is 12.6 Å². The predicted octanol–water partition coefficient (Wildman–Crippen LogP) is 4.51. The summed E-state index contributed by atoms with van der Waals surface area (Å²) in [6.45, 7) is 4.66. The van der Waals surface area contributed by atoms with E-state index in [4.69, 9.17) is 0 Å². The minimum absolute atomic E-state index is 0.197. The van der Waals surface area contributed by atoms with Crippen LogP contribution in [0.5, 0.6) is 0 Å². The summed E-state index contributed by atoms with van der Waals surface area (Å²) in [7, 11) is 0. The van der Waals surface area contributed by atoms with E-state index >= 15 is 0 Å². The molecule has 1 heterocycles. The van der Waals surface area contributed by atoms with Crippen molar-refractivity contribution in [1.82, 2.24) is 9.80 Å². The van der Waals surface area contributed by atoms with Crippen LogP contribution >= 0.6 is 12.8 Å². The molecule has 1 aliphatic rings. The zero-order valence-corrected chi connectivity index (χ0v) is 18.1. The van der Waals surface area contributed by atoms with Gasteiger partial charge in [-0.15, -0.1) is 0 Å². The van der Waals surface area contributed by atoms with E-state index in [2.05, 4.69) is 32.0 Å². The van der Waals surface area contributed by atoms with Crippen LogP contribution in [0.4, 0.5) is 22.0 Å². The molecular weight excluding hydrogens is 447 g/mol. The average molecular weight is 471 g/mol. The molecule has 0 radical (unpaired) electrons. The van der Waals surface area contributed by atoms with E-state index in [-0.39, 0.29) is 5.84 Å². The summed E-state index contributed by atoms with van der Waals surface area (Å²) in [6.07, 6.45) is -1.96. The molecule has 0 unspecified atom stereocenters. The fourth-order valence-corrected chi connectivity index (χ4v) is 3.55. The zero-order chi connectivity index (χ0) is 23.1. The maximum Gasteiger partial charge on any atom is 0.416 e. The van der Waals surface area contributed by atoms with Gasteiger partial charge in [0.25, 0.3) is 0 Å². The van der Waals surface area contributed by atoms with Gasteiger partial charge in [-0.1, -0.05) is 12.1 Å². The van der Waals surface area contributed by atoms with Gasteiger partial charge in [-0.05, 0) is 55.1 Å². The van der Waals surface area contributed by atoms with E-state index in [1.54, 1.807) is 6.21 Å². The highest BCUT2D eigenvalue weighted by atomic mass is 32.1. The highest BCUT2D eigenvalue weighted by molar-refractivity contribution is 7.79. The second kappa shape index (κ2) is 11.0. The maximum absolute atomic E-state index is 13.4. The number of thiol groups is 1. The van der Waals surface area contributed by atoms with Gasteiger partial charge in [0.15, 0.2) is 17.5 Å². The number of benzene rings is 2. The molecule has 1 aliphatic heterocycles. The Balaban J connectivity index is 1.42. The molecule has 2 aromatic rings. The molecule has 0 aromatic heterocycles. The van der Waals surface area contributed by atoms with Crippen molar-refractivity contribution in [1.29, 1.82) is 0 Å². The topological polar surface area (TPSA) is 31.2 Å². The lowest BCUT2D eigenvalue weighted by Gasteiger charge is -2.34. The molecule has 0 saturated carbocycles. The van der Waals surface area contributed by atoms with Gasteiger partial charge < -0.3 is 4.90 Å². The first-order valence-electron chi connectivity index (χ1n) is 10.1. The third kappa shape index (κ3) is 6.85. The summed E-state index contributed by atoms with van der Waals surface area (Å²) < 4.78 is 68.1. The van der Waals surface area contributed by atoms with Gasteiger partial charge in [0.05, 0.1) is 5.56 Å². The van der Waals surface area contributed by atoms with Crippen molar-refractivity contribution in [3.05, 3.63) is 70.8 Å². The molecule has 2 aromatic carbocycles. The third-order valence-corrected chi connectivity index (χ3v) is 5.48. The largest absolute Gasteiger partial charge is 0.416 e. The first-order chi connectivity index (χ1) is 15.3. The minimum Gasteiger partial charge on any atom is -0.300 e. The molecule has 0 aliphatic carbocycles. The van der Waals surface area contributed by atoms with E-state index in [0.717, 1.165) is 62.6 Å². The van der Waals surface area contributed by atoms with Crippen molar-refractivity contribution in [2.45, 2.75) is 12.6 Å². The van der Waals surface area contributed by atoms with Gasteiger partial charge in [-0.2, -0.15) is 17.6 Å². The monoisotopic (exact) mass is 470 g/mol. The van der Waals surface area contributed by atoms with E-state index in [1.165, 1.54) is 18.2 Å². The van der Waals surface area contributed by atoms with Crippen molar-refractivity contribution in [2.75, 3.05) is 39.3 Å². The molecule has 0 spiro atoms. The fourth-order valence-electron chi connectivity index (χ4n) is 3.38. The smallest absolute Gasteiger partial charge is 0.300 e. The van der Waals surface area contributed by atoms with Gasteiger partial charge in [-0.3, -0.25) is 4.90 Å². The summed E-state index contributed by atoms with van der Waals surface area (Å²) in [5.74, 6) is -1.71. The molecule has 0 N–H and O–H groups in total. The molecule has 1 fully saturated rings. The summed E-state index contributed by atoms with van der Waals surface area (Å²) in [5.41, 5.74) is 0.582. The Morgan fingerprint density at radius 3 is 2.19 bits per heavy atom. The average Bonchev–Trinajstić information content (AvgIpc) is 2.78. The summed E-state index contributed by atoms with van der Waals surface area (Å²) >= 11 is 3.85. The second-order valence-electron chi connectivity index (χ2n) is 7.45. The zero-order valence-electron chi connectivity index (χ0n) is 17.2. The lowest BCUT2D eigenvalue weighted by molar-refractivity contribution is -0.137. The standard InChI is InChI=1S/C22H23F5N4S/c23-19-6-3-17(15-20(19)24)21(29-32)28-8-10-31-13-11-30(12-14-31)9-7-16-1-4-18(5-2-16)22(25,26)27/h1-6,8,15,32H,7,9-14H2. The first kappa shape index (κ1) is 24.3. The number of hydrogen-bond acceptors (Lipinski definition) is 4. The Kier molecular flexibility index (Phi) is 8.38. The Morgan fingerprint density at radius 2 is 1.59 bits per heavy atom. The van der Waals surface area contributed by atoms with Crippen LogP contribution in [-0.4, -0.2) is 61.1 Å². The quantitative estimate of drug-likeness (QED) is 0.292. The van der Waals surface area contributed by atoms with E-state index in [0.29, 0.717) is 18.5 Å². The normalized spacial score (nSPS) is 16.8. The van der Waals surface area contributed by atoms with Crippen LogP contribution in [0.15, 0.2) is 51.9 Å². The molecular formula is C22H23F5N4S. The molecule has 0 atom stereocenters. The Labute approximate surface area is 189 Å². The van der Waals surface area contributed by atoms with Crippen molar-refractivity contribution in [3.8, 4) is 0 Å². The number of amidine groups is 1. The molecule has 172 valence electrons. The molecule has 3 rings (SSSR count). The molecule has 32 heavy (non-hydrogen) atoms. The lowest BCUT2D eigenvalue weighted by Crippen LogP contribution is -2.47. The Bertz CT molecular complexity index is 952. The molecule has 1 saturated heterocycles. The molecule has 0 bridgehead atoms. The molecule has 10 heteroatoms. The summed E-state index contributed by atoms with van der Waals surface area (Å²) in [4.78, 5) is 8.69. The predicted molar refractivity (Wildman–Crippen MR) is 118 cm³/mol. The van der Waals surface area contributed by atoms with E-state index < -0.39 is 23.4 Å². The van der Waals surface area contributed by atoms with Crippen molar-refractivity contribution in [2.24, 2.45) is 9.39 Å². The maximum atomic E-state index is 13.4. The number of hydrogen-bond donors (Lipinski definition) is 1. The lowest BCUT2D eigenvalue weighted by atomic mass is 10.1. The van der Waals surface area contributed by atoms with Crippen molar-refractivity contribution < 1.29 is 22.0 Å². The van der Waals surface area contributed by atoms with Gasteiger partial charge in [0.1, 0.15) is 0 Å². The van der Waals surface area contributed by atoms with Crippen LogP contribution in [0.2, 0.25) is 0 Å². The van der Waals surface area contributed by atoms with E-state index in [9.17, 15) is 22.0 Å². The number of nitrogens with zero attached hydrogens (tertiary/aromatic N) is 4. The second-order valence-corrected chi connectivity index (χ2v) is 7.65. The molecule has 4 nitrogen and oxygen atoms in total.